The molecule has 0 unspecified atom stereocenters. The van der Waals surface area contributed by atoms with Crippen molar-refractivity contribution in [3.8, 4) is 0 Å². The summed E-state index contributed by atoms with van der Waals surface area (Å²) in [5.74, 6) is 1.05. The van der Waals surface area contributed by atoms with Crippen LogP contribution in [-0.4, -0.2) is 38.6 Å². The van der Waals surface area contributed by atoms with Gasteiger partial charge in [0, 0.05) is 35.9 Å². The maximum atomic E-state index is 6.25. The molecule has 0 aliphatic carbocycles. The van der Waals surface area contributed by atoms with Crippen molar-refractivity contribution in [1.82, 2.24) is 4.90 Å². The van der Waals surface area contributed by atoms with Crippen molar-refractivity contribution in [2.24, 2.45) is 5.92 Å². The van der Waals surface area contributed by atoms with Crippen LogP contribution in [0.15, 0.2) is 18.2 Å². The molecule has 19 heavy (non-hydrogen) atoms. The van der Waals surface area contributed by atoms with Gasteiger partial charge >= 0.3 is 0 Å². The lowest BCUT2D eigenvalue weighted by Gasteiger charge is -2.30. The van der Waals surface area contributed by atoms with Gasteiger partial charge in [-0.3, -0.25) is 0 Å². The molecule has 0 fully saturated rings. The summed E-state index contributed by atoms with van der Waals surface area (Å²) >= 11 is 12.3. The molecular formula is C15H24Cl2N2. The number of hydrogen-bond donors (Lipinski definition) is 0. The van der Waals surface area contributed by atoms with E-state index in [1.54, 1.807) is 0 Å². The van der Waals surface area contributed by atoms with Gasteiger partial charge in [0.2, 0.25) is 0 Å². The first-order valence-electron chi connectivity index (χ1n) is 6.68. The Morgan fingerprint density at radius 3 is 2.37 bits per heavy atom. The average Bonchev–Trinajstić information content (AvgIpc) is 2.33. The average molecular weight is 303 g/mol. The third kappa shape index (κ3) is 5.21. The first-order valence-corrected chi connectivity index (χ1v) is 7.60. The van der Waals surface area contributed by atoms with Gasteiger partial charge in [-0.15, -0.1) is 11.6 Å². The summed E-state index contributed by atoms with van der Waals surface area (Å²) in [6, 6.07) is 6.01. The predicted molar refractivity (Wildman–Crippen MR) is 86.6 cm³/mol. The number of benzene rings is 1. The summed E-state index contributed by atoms with van der Waals surface area (Å²) in [6.45, 7) is 7.47. The van der Waals surface area contributed by atoms with Crippen LogP contribution in [0.3, 0.4) is 0 Å². The van der Waals surface area contributed by atoms with Crippen LogP contribution in [0, 0.1) is 5.92 Å². The molecule has 2 nitrogen and oxygen atoms in total. The molecule has 0 aliphatic heterocycles. The monoisotopic (exact) mass is 302 g/mol. The van der Waals surface area contributed by atoms with Crippen LogP contribution in [-0.2, 0) is 5.88 Å². The SMILES string of the molecule is CC(C)CN(CCN(C)C)c1cccc(Cl)c1CCl. The maximum Gasteiger partial charge on any atom is 0.0509 e. The van der Waals surface area contributed by atoms with Crippen molar-refractivity contribution in [3.63, 3.8) is 0 Å². The number of nitrogens with zero attached hydrogens (tertiary/aromatic N) is 2. The Morgan fingerprint density at radius 1 is 1.16 bits per heavy atom. The fourth-order valence-corrected chi connectivity index (χ4v) is 2.63. The lowest BCUT2D eigenvalue weighted by Crippen LogP contribution is -2.35. The summed E-state index contributed by atoms with van der Waals surface area (Å²) in [6.07, 6.45) is 0. The molecule has 4 heteroatoms. The van der Waals surface area contributed by atoms with Gasteiger partial charge in [0.05, 0.1) is 5.88 Å². The zero-order valence-corrected chi connectivity index (χ0v) is 13.8. The van der Waals surface area contributed by atoms with Gasteiger partial charge in [-0.25, -0.2) is 0 Å². The number of likely N-dealkylation sites (N-methyl/N-ethyl adjacent to an activating group) is 1. The fraction of sp³-hybridized carbons (Fsp3) is 0.600. The molecule has 0 aromatic heterocycles. The van der Waals surface area contributed by atoms with Crippen LogP contribution in [0.4, 0.5) is 5.69 Å². The van der Waals surface area contributed by atoms with Gasteiger partial charge in [-0.2, -0.15) is 0 Å². The van der Waals surface area contributed by atoms with Crippen molar-refractivity contribution in [1.29, 1.82) is 0 Å². The second-order valence-electron chi connectivity index (χ2n) is 5.51. The van der Waals surface area contributed by atoms with Crippen LogP contribution in [0.2, 0.25) is 5.02 Å². The van der Waals surface area contributed by atoms with Crippen molar-refractivity contribution in [2.75, 3.05) is 38.6 Å². The third-order valence-corrected chi connectivity index (χ3v) is 3.59. The molecule has 0 amide bonds. The summed E-state index contributed by atoms with van der Waals surface area (Å²) in [5.41, 5.74) is 2.20. The topological polar surface area (TPSA) is 6.48 Å². The van der Waals surface area contributed by atoms with Gasteiger partial charge in [-0.1, -0.05) is 31.5 Å². The van der Waals surface area contributed by atoms with E-state index in [-0.39, 0.29) is 0 Å². The van der Waals surface area contributed by atoms with Gasteiger partial charge in [0.25, 0.3) is 0 Å². The van der Waals surface area contributed by atoms with Crippen molar-refractivity contribution < 1.29 is 0 Å². The predicted octanol–water partition coefficient (Wildman–Crippen LogP) is 4.10. The van der Waals surface area contributed by atoms with E-state index in [9.17, 15) is 0 Å². The Labute approximate surface area is 127 Å². The molecule has 0 saturated heterocycles. The van der Waals surface area contributed by atoms with Crippen LogP contribution >= 0.6 is 23.2 Å². The zero-order valence-electron chi connectivity index (χ0n) is 12.3. The minimum absolute atomic E-state index is 0.450. The number of rotatable bonds is 7. The molecule has 0 heterocycles. The largest absolute Gasteiger partial charge is 0.370 e. The molecule has 1 aromatic rings. The summed E-state index contributed by atoms with van der Waals surface area (Å²) in [7, 11) is 4.18. The Bertz CT molecular complexity index is 392. The fourth-order valence-electron chi connectivity index (χ4n) is 2.05. The van der Waals surface area contributed by atoms with Crippen molar-refractivity contribution in [2.45, 2.75) is 19.7 Å². The van der Waals surface area contributed by atoms with E-state index in [1.165, 1.54) is 0 Å². The number of halogens is 2. The normalized spacial score (nSPS) is 11.4. The van der Waals surface area contributed by atoms with Crippen LogP contribution in [0.25, 0.3) is 0 Å². The molecule has 0 atom stereocenters. The first-order chi connectivity index (χ1) is 8.95. The molecule has 108 valence electrons. The van der Waals surface area contributed by atoms with E-state index in [0.717, 1.165) is 35.9 Å². The lowest BCUT2D eigenvalue weighted by atomic mass is 10.1. The quantitative estimate of drug-likeness (QED) is 0.700. The standard InChI is InChI=1S/C15H24Cl2N2/c1-12(2)11-19(9-8-18(3)4)15-7-5-6-14(17)13(15)10-16/h5-7,12H,8-11H2,1-4H3. The van der Waals surface area contributed by atoms with Gasteiger partial charge < -0.3 is 9.80 Å². The van der Waals surface area contributed by atoms with E-state index >= 15 is 0 Å². The highest BCUT2D eigenvalue weighted by Gasteiger charge is 2.14. The number of alkyl halides is 1. The van der Waals surface area contributed by atoms with Gasteiger partial charge in [-0.05, 0) is 32.1 Å². The summed E-state index contributed by atoms with van der Waals surface area (Å²) in [5, 5.41) is 0.756. The summed E-state index contributed by atoms with van der Waals surface area (Å²) in [4.78, 5) is 4.58. The Hall–Kier alpha value is -0.440. The second kappa shape index (κ2) is 7.98. The van der Waals surface area contributed by atoms with Gasteiger partial charge in [0.15, 0.2) is 0 Å². The van der Waals surface area contributed by atoms with Crippen LogP contribution in [0.1, 0.15) is 19.4 Å². The molecule has 0 saturated carbocycles. The molecular weight excluding hydrogens is 279 g/mol. The molecule has 0 spiro atoms. The smallest absolute Gasteiger partial charge is 0.0509 e. The number of hydrogen-bond acceptors (Lipinski definition) is 2. The third-order valence-electron chi connectivity index (χ3n) is 2.97. The van der Waals surface area contributed by atoms with Crippen molar-refractivity contribution >= 4 is 28.9 Å². The Morgan fingerprint density at radius 2 is 1.84 bits per heavy atom. The first kappa shape index (κ1) is 16.6. The molecule has 0 N–H and O–H groups in total. The van der Waals surface area contributed by atoms with E-state index in [0.29, 0.717) is 11.8 Å². The van der Waals surface area contributed by atoms with Crippen molar-refractivity contribution in [3.05, 3.63) is 28.8 Å². The minimum atomic E-state index is 0.450. The maximum absolute atomic E-state index is 6.25. The van der Waals surface area contributed by atoms with Crippen LogP contribution < -0.4 is 4.90 Å². The van der Waals surface area contributed by atoms with Gasteiger partial charge in [0.1, 0.15) is 0 Å². The highest BCUT2D eigenvalue weighted by Crippen LogP contribution is 2.29. The molecule has 1 rings (SSSR count). The zero-order chi connectivity index (χ0) is 14.4. The lowest BCUT2D eigenvalue weighted by molar-refractivity contribution is 0.409. The Kier molecular flexibility index (Phi) is 6.98. The van der Waals surface area contributed by atoms with E-state index < -0.39 is 0 Å². The highest BCUT2D eigenvalue weighted by atomic mass is 35.5. The second-order valence-corrected chi connectivity index (χ2v) is 6.19. The van der Waals surface area contributed by atoms with E-state index in [4.69, 9.17) is 23.2 Å². The molecule has 0 bridgehead atoms. The Balaban J connectivity index is 2.98. The van der Waals surface area contributed by atoms with E-state index in [1.807, 2.05) is 12.1 Å². The van der Waals surface area contributed by atoms with Crippen LogP contribution in [0.5, 0.6) is 0 Å². The molecule has 0 aliphatic rings. The summed E-state index contributed by atoms with van der Waals surface area (Å²) < 4.78 is 0. The molecule has 1 aromatic carbocycles. The molecule has 0 radical (unpaired) electrons. The van der Waals surface area contributed by atoms with E-state index in [2.05, 4.69) is 43.8 Å². The highest BCUT2D eigenvalue weighted by molar-refractivity contribution is 6.32. The minimum Gasteiger partial charge on any atom is -0.370 e. The number of anilines is 1.